The third-order valence-electron chi connectivity index (χ3n) is 4.71. The molecule has 1 atom stereocenters. The van der Waals surface area contributed by atoms with Crippen LogP contribution in [-0.2, 0) is 6.54 Å². The molecule has 1 aliphatic rings. The van der Waals surface area contributed by atoms with Crippen LogP contribution in [0, 0.1) is 5.41 Å². The molecule has 2 rings (SSSR count). The number of rotatable bonds is 7. The number of nitrogens with zero attached hydrogens (tertiary/aromatic N) is 2. The van der Waals surface area contributed by atoms with Crippen LogP contribution in [0.1, 0.15) is 32.8 Å². The molecule has 0 aromatic heterocycles. The highest BCUT2D eigenvalue weighted by molar-refractivity contribution is 5.40. The Morgan fingerprint density at radius 3 is 2.52 bits per heavy atom. The van der Waals surface area contributed by atoms with Crippen LogP contribution in [0.5, 0.6) is 11.5 Å². The van der Waals surface area contributed by atoms with Gasteiger partial charge in [-0.05, 0) is 30.0 Å². The van der Waals surface area contributed by atoms with Crippen molar-refractivity contribution in [3.63, 3.8) is 0 Å². The van der Waals surface area contributed by atoms with Gasteiger partial charge < -0.3 is 14.6 Å². The van der Waals surface area contributed by atoms with Crippen LogP contribution in [0.3, 0.4) is 0 Å². The summed E-state index contributed by atoms with van der Waals surface area (Å²) < 4.78 is 10.9. The number of benzene rings is 1. The molecule has 1 fully saturated rings. The van der Waals surface area contributed by atoms with Gasteiger partial charge in [-0.1, -0.05) is 20.8 Å². The van der Waals surface area contributed by atoms with Gasteiger partial charge in [0.25, 0.3) is 0 Å². The SMILES string of the molecule is COc1ccc(OC)c(CN2CCN(CC(C)(C)C)[C@@H](CCO)C2)c1. The van der Waals surface area contributed by atoms with Gasteiger partial charge in [0, 0.05) is 50.9 Å². The van der Waals surface area contributed by atoms with Gasteiger partial charge in [0.05, 0.1) is 14.2 Å². The maximum Gasteiger partial charge on any atom is 0.123 e. The van der Waals surface area contributed by atoms with Gasteiger partial charge in [-0.25, -0.2) is 0 Å². The highest BCUT2D eigenvalue weighted by Crippen LogP contribution is 2.27. The highest BCUT2D eigenvalue weighted by atomic mass is 16.5. The van der Waals surface area contributed by atoms with Crippen molar-refractivity contribution in [2.45, 2.75) is 39.8 Å². The fourth-order valence-electron chi connectivity index (χ4n) is 3.59. The second-order valence-electron chi connectivity index (χ2n) is 8.11. The molecule has 0 unspecified atom stereocenters. The fraction of sp³-hybridized carbons (Fsp3) is 0.700. The fourth-order valence-corrected chi connectivity index (χ4v) is 3.59. The lowest BCUT2D eigenvalue weighted by molar-refractivity contribution is 0.0337. The Labute approximate surface area is 152 Å². The third kappa shape index (κ3) is 5.87. The van der Waals surface area contributed by atoms with Crippen molar-refractivity contribution in [1.29, 1.82) is 0 Å². The molecule has 5 nitrogen and oxygen atoms in total. The summed E-state index contributed by atoms with van der Waals surface area (Å²) in [6.07, 6.45) is 0.821. The van der Waals surface area contributed by atoms with E-state index in [1.54, 1.807) is 14.2 Å². The molecule has 1 saturated heterocycles. The van der Waals surface area contributed by atoms with Crippen molar-refractivity contribution in [3.05, 3.63) is 23.8 Å². The number of aliphatic hydroxyl groups is 1. The summed E-state index contributed by atoms with van der Waals surface area (Å²) in [7, 11) is 3.40. The van der Waals surface area contributed by atoms with Crippen molar-refractivity contribution in [3.8, 4) is 11.5 Å². The standard InChI is InChI=1S/C20H34N2O3/c1-20(2,3)15-22-10-9-21(14-17(22)8-11-23)13-16-12-18(24-4)6-7-19(16)25-5/h6-7,12,17,23H,8-11,13-15H2,1-5H3/t17-/m0/s1. The van der Waals surface area contributed by atoms with Gasteiger partial charge >= 0.3 is 0 Å². The molecular weight excluding hydrogens is 316 g/mol. The number of piperazine rings is 1. The van der Waals surface area contributed by atoms with E-state index in [2.05, 4.69) is 36.6 Å². The van der Waals surface area contributed by atoms with Crippen LogP contribution in [0.25, 0.3) is 0 Å². The first kappa shape index (κ1) is 20.0. The van der Waals surface area contributed by atoms with Crippen LogP contribution >= 0.6 is 0 Å². The van der Waals surface area contributed by atoms with Crippen LogP contribution in [-0.4, -0.2) is 68.0 Å². The zero-order valence-corrected chi connectivity index (χ0v) is 16.4. The van der Waals surface area contributed by atoms with E-state index in [0.717, 1.165) is 56.2 Å². The monoisotopic (exact) mass is 350 g/mol. The number of hydrogen-bond donors (Lipinski definition) is 1. The van der Waals surface area contributed by atoms with Gasteiger partial charge in [0.15, 0.2) is 0 Å². The first-order chi connectivity index (χ1) is 11.9. The van der Waals surface area contributed by atoms with E-state index in [4.69, 9.17) is 9.47 Å². The lowest BCUT2D eigenvalue weighted by Crippen LogP contribution is -2.54. The molecule has 1 aliphatic heterocycles. The van der Waals surface area contributed by atoms with Crippen molar-refractivity contribution < 1.29 is 14.6 Å². The molecule has 1 N–H and O–H groups in total. The summed E-state index contributed by atoms with van der Waals surface area (Å²) in [5.74, 6) is 1.76. The summed E-state index contributed by atoms with van der Waals surface area (Å²) in [5.41, 5.74) is 1.42. The number of aliphatic hydroxyl groups excluding tert-OH is 1. The molecule has 0 bridgehead atoms. The molecule has 0 aliphatic carbocycles. The average molecular weight is 351 g/mol. The van der Waals surface area contributed by atoms with Crippen molar-refractivity contribution in [1.82, 2.24) is 9.80 Å². The van der Waals surface area contributed by atoms with E-state index in [9.17, 15) is 5.11 Å². The van der Waals surface area contributed by atoms with E-state index in [-0.39, 0.29) is 12.0 Å². The number of ether oxygens (including phenoxy) is 2. The van der Waals surface area contributed by atoms with Crippen molar-refractivity contribution in [2.24, 2.45) is 5.41 Å². The molecule has 0 spiro atoms. The quantitative estimate of drug-likeness (QED) is 0.819. The van der Waals surface area contributed by atoms with Gasteiger partial charge in [-0.3, -0.25) is 9.80 Å². The van der Waals surface area contributed by atoms with Gasteiger partial charge in [0.2, 0.25) is 0 Å². The maximum atomic E-state index is 9.48. The molecule has 1 heterocycles. The van der Waals surface area contributed by atoms with E-state index >= 15 is 0 Å². The van der Waals surface area contributed by atoms with E-state index in [1.807, 2.05) is 12.1 Å². The minimum Gasteiger partial charge on any atom is -0.497 e. The lowest BCUT2D eigenvalue weighted by Gasteiger charge is -2.44. The van der Waals surface area contributed by atoms with Gasteiger partial charge in [0.1, 0.15) is 11.5 Å². The summed E-state index contributed by atoms with van der Waals surface area (Å²) in [6.45, 7) is 12.0. The second-order valence-corrected chi connectivity index (χ2v) is 8.11. The van der Waals surface area contributed by atoms with Gasteiger partial charge in [-0.15, -0.1) is 0 Å². The Hall–Kier alpha value is -1.30. The highest BCUT2D eigenvalue weighted by Gasteiger charge is 2.29. The van der Waals surface area contributed by atoms with Crippen LogP contribution in [0.2, 0.25) is 0 Å². The average Bonchev–Trinajstić information content (AvgIpc) is 2.56. The molecule has 5 heteroatoms. The number of hydrogen-bond acceptors (Lipinski definition) is 5. The molecular formula is C20H34N2O3. The summed E-state index contributed by atoms with van der Waals surface area (Å²) in [5, 5.41) is 9.48. The van der Waals surface area contributed by atoms with Crippen molar-refractivity contribution in [2.75, 3.05) is 47.0 Å². The lowest BCUT2D eigenvalue weighted by atomic mass is 9.94. The largest absolute Gasteiger partial charge is 0.497 e. The molecule has 1 aromatic rings. The maximum absolute atomic E-state index is 9.48. The normalized spacial score (nSPS) is 19.8. The van der Waals surface area contributed by atoms with E-state index < -0.39 is 0 Å². The Morgan fingerprint density at radius 2 is 1.92 bits per heavy atom. The Bertz CT molecular complexity index is 542. The summed E-state index contributed by atoms with van der Waals surface area (Å²) >= 11 is 0. The van der Waals surface area contributed by atoms with Crippen LogP contribution in [0.15, 0.2) is 18.2 Å². The van der Waals surface area contributed by atoms with Crippen LogP contribution in [0.4, 0.5) is 0 Å². The number of methoxy groups -OCH3 is 2. The molecule has 25 heavy (non-hydrogen) atoms. The second kappa shape index (κ2) is 8.88. The molecule has 142 valence electrons. The molecule has 0 radical (unpaired) electrons. The minimum atomic E-state index is 0.238. The topological polar surface area (TPSA) is 45.2 Å². The summed E-state index contributed by atoms with van der Waals surface area (Å²) in [6, 6.07) is 6.35. The van der Waals surface area contributed by atoms with E-state index in [0.29, 0.717) is 6.04 Å². The Balaban J connectivity index is 2.07. The Morgan fingerprint density at radius 1 is 1.16 bits per heavy atom. The minimum absolute atomic E-state index is 0.238. The van der Waals surface area contributed by atoms with E-state index in [1.165, 1.54) is 0 Å². The first-order valence-electron chi connectivity index (χ1n) is 9.14. The zero-order valence-electron chi connectivity index (χ0n) is 16.4. The Kier molecular flexibility index (Phi) is 7.11. The predicted molar refractivity (Wildman–Crippen MR) is 101 cm³/mol. The molecule has 0 amide bonds. The summed E-state index contributed by atoms with van der Waals surface area (Å²) in [4.78, 5) is 4.99. The smallest absolute Gasteiger partial charge is 0.123 e. The molecule has 1 aromatic carbocycles. The third-order valence-corrected chi connectivity index (χ3v) is 4.71. The van der Waals surface area contributed by atoms with Crippen LogP contribution < -0.4 is 9.47 Å². The first-order valence-corrected chi connectivity index (χ1v) is 9.14. The molecule has 0 saturated carbocycles. The van der Waals surface area contributed by atoms with Crippen molar-refractivity contribution >= 4 is 0 Å². The zero-order chi connectivity index (χ0) is 18.4. The predicted octanol–water partition coefficient (Wildman–Crippen LogP) is 2.62. The van der Waals surface area contributed by atoms with Gasteiger partial charge in [-0.2, -0.15) is 0 Å².